The van der Waals surface area contributed by atoms with Gasteiger partial charge in [-0.25, -0.2) is 13.4 Å². The van der Waals surface area contributed by atoms with Gasteiger partial charge in [-0.15, -0.1) is 11.3 Å². The largest absolute Gasteiger partial charge is 0.276 e. The molecule has 1 aromatic heterocycles. The second-order valence-corrected chi connectivity index (χ2v) is 9.52. The van der Waals surface area contributed by atoms with Gasteiger partial charge in [0.2, 0.25) is 21.8 Å². The van der Waals surface area contributed by atoms with Crippen LogP contribution in [0, 0.1) is 0 Å². The van der Waals surface area contributed by atoms with Crippen molar-refractivity contribution < 1.29 is 18.0 Å². The van der Waals surface area contributed by atoms with Crippen LogP contribution in [-0.2, 0) is 26.2 Å². The summed E-state index contributed by atoms with van der Waals surface area (Å²) in [5, 5.41) is 2.53. The third-order valence-corrected chi connectivity index (χ3v) is 7.60. The molecule has 2 aliphatic rings. The molecule has 0 radical (unpaired) electrons. The summed E-state index contributed by atoms with van der Waals surface area (Å²) in [6.07, 6.45) is 2.34. The molecule has 0 N–H and O–H groups in total. The van der Waals surface area contributed by atoms with Gasteiger partial charge in [0, 0.05) is 36.9 Å². The Kier molecular flexibility index (Phi) is 4.83. The fourth-order valence-electron chi connectivity index (χ4n) is 3.33. The van der Waals surface area contributed by atoms with E-state index in [1.807, 2.05) is 5.38 Å². The van der Waals surface area contributed by atoms with Crippen molar-refractivity contribution in [1.82, 2.24) is 14.2 Å². The number of aromatic nitrogens is 1. The lowest BCUT2D eigenvalue weighted by atomic mass is 10.2. The van der Waals surface area contributed by atoms with Gasteiger partial charge in [-0.05, 0) is 25.0 Å². The van der Waals surface area contributed by atoms with Gasteiger partial charge in [0.15, 0.2) is 0 Å². The van der Waals surface area contributed by atoms with E-state index in [9.17, 15) is 18.0 Å². The average Bonchev–Trinajstić information content (AvgIpc) is 3.41. The first-order chi connectivity index (χ1) is 12.9. The molecule has 1 aromatic carbocycles. The SMILES string of the molecule is O=C1CCC(=O)N1Cc1nc(-c2ccc(S(=O)(=O)N3CCCC3)cc2)cs1. The zero-order valence-electron chi connectivity index (χ0n) is 14.6. The monoisotopic (exact) mass is 405 g/mol. The van der Waals surface area contributed by atoms with Crippen molar-refractivity contribution in [1.29, 1.82) is 0 Å². The first kappa shape index (κ1) is 18.3. The number of imide groups is 1. The van der Waals surface area contributed by atoms with Crippen LogP contribution in [0.3, 0.4) is 0 Å². The number of carbonyl (C=O) groups excluding carboxylic acids is 2. The van der Waals surface area contributed by atoms with E-state index in [1.165, 1.54) is 20.5 Å². The van der Waals surface area contributed by atoms with Crippen LogP contribution in [0.25, 0.3) is 11.3 Å². The zero-order valence-corrected chi connectivity index (χ0v) is 16.3. The summed E-state index contributed by atoms with van der Waals surface area (Å²) in [6.45, 7) is 1.35. The summed E-state index contributed by atoms with van der Waals surface area (Å²) < 4.78 is 26.7. The molecular weight excluding hydrogens is 386 g/mol. The van der Waals surface area contributed by atoms with E-state index in [2.05, 4.69) is 4.98 Å². The van der Waals surface area contributed by atoms with E-state index in [1.54, 1.807) is 24.3 Å². The normalized spacial score (nSPS) is 18.6. The van der Waals surface area contributed by atoms with Crippen LogP contribution in [-0.4, -0.2) is 47.5 Å². The maximum atomic E-state index is 12.6. The van der Waals surface area contributed by atoms with Crippen molar-refractivity contribution in [2.75, 3.05) is 13.1 Å². The molecule has 27 heavy (non-hydrogen) atoms. The van der Waals surface area contributed by atoms with Crippen molar-refractivity contribution in [2.45, 2.75) is 37.1 Å². The van der Waals surface area contributed by atoms with Crippen molar-refractivity contribution in [2.24, 2.45) is 0 Å². The molecular formula is C18H19N3O4S2. The molecule has 0 unspecified atom stereocenters. The number of amides is 2. The van der Waals surface area contributed by atoms with Crippen LogP contribution >= 0.6 is 11.3 Å². The first-order valence-corrected chi connectivity index (χ1v) is 11.2. The molecule has 0 aliphatic carbocycles. The lowest BCUT2D eigenvalue weighted by Gasteiger charge is -2.15. The lowest BCUT2D eigenvalue weighted by molar-refractivity contribution is -0.139. The second-order valence-electron chi connectivity index (χ2n) is 6.64. The number of carbonyl (C=O) groups is 2. The third kappa shape index (κ3) is 3.54. The van der Waals surface area contributed by atoms with Gasteiger partial charge in [-0.3, -0.25) is 14.5 Å². The zero-order chi connectivity index (χ0) is 19.0. The van der Waals surface area contributed by atoms with Crippen LogP contribution in [0.5, 0.6) is 0 Å². The summed E-state index contributed by atoms with van der Waals surface area (Å²) in [5.74, 6) is -0.318. The quantitative estimate of drug-likeness (QED) is 0.712. The molecule has 9 heteroatoms. The molecule has 3 heterocycles. The van der Waals surface area contributed by atoms with Gasteiger partial charge in [0.25, 0.3) is 0 Å². The Morgan fingerprint density at radius 2 is 1.63 bits per heavy atom. The minimum absolute atomic E-state index is 0.159. The Hall–Kier alpha value is -2.10. The van der Waals surface area contributed by atoms with E-state index in [0.29, 0.717) is 23.8 Å². The highest BCUT2D eigenvalue weighted by molar-refractivity contribution is 7.89. The Bertz CT molecular complexity index is 960. The highest BCUT2D eigenvalue weighted by Gasteiger charge is 2.30. The Balaban J connectivity index is 1.50. The number of rotatable bonds is 5. The summed E-state index contributed by atoms with van der Waals surface area (Å²) in [5.41, 5.74) is 1.51. The molecule has 2 aliphatic heterocycles. The van der Waals surface area contributed by atoms with Gasteiger partial charge in [0.1, 0.15) is 5.01 Å². The number of hydrogen-bond acceptors (Lipinski definition) is 6. The molecule has 2 amide bonds. The fraction of sp³-hybridized carbons (Fsp3) is 0.389. The molecule has 2 fully saturated rings. The fourth-order valence-corrected chi connectivity index (χ4v) is 5.63. The number of nitrogens with zero attached hydrogens (tertiary/aromatic N) is 3. The van der Waals surface area contributed by atoms with E-state index >= 15 is 0 Å². The molecule has 2 saturated heterocycles. The highest BCUT2D eigenvalue weighted by atomic mass is 32.2. The Labute approximate surface area is 161 Å². The molecule has 0 saturated carbocycles. The maximum absolute atomic E-state index is 12.6. The molecule has 0 atom stereocenters. The van der Waals surface area contributed by atoms with E-state index in [0.717, 1.165) is 18.4 Å². The highest BCUT2D eigenvalue weighted by Crippen LogP contribution is 2.27. The molecule has 142 valence electrons. The van der Waals surface area contributed by atoms with Gasteiger partial charge in [-0.1, -0.05) is 12.1 Å². The number of thiazole rings is 1. The van der Waals surface area contributed by atoms with Crippen LogP contribution in [0.1, 0.15) is 30.7 Å². The minimum Gasteiger partial charge on any atom is -0.276 e. The summed E-state index contributed by atoms with van der Waals surface area (Å²) in [6, 6.07) is 6.70. The second kappa shape index (κ2) is 7.14. The molecule has 0 spiro atoms. The predicted octanol–water partition coefficient (Wildman–Crippen LogP) is 2.24. The van der Waals surface area contributed by atoms with Crippen LogP contribution in [0.15, 0.2) is 34.5 Å². The number of benzene rings is 1. The Morgan fingerprint density at radius 1 is 1.00 bits per heavy atom. The Morgan fingerprint density at radius 3 is 2.26 bits per heavy atom. The first-order valence-electron chi connectivity index (χ1n) is 8.83. The maximum Gasteiger partial charge on any atom is 0.243 e. The van der Waals surface area contributed by atoms with E-state index in [4.69, 9.17) is 0 Å². The van der Waals surface area contributed by atoms with Crippen molar-refractivity contribution in [3.8, 4) is 11.3 Å². The summed E-state index contributed by atoms with van der Waals surface area (Å²) >= 11 is 1.38. The van der Waals surface area contributed by atoms with Gasteiger partial charge in [0.05, 0.1) is 17.1 Å². The standard InChI is InChI=1S/C18H19N3O4S2/c22-17-7-8-18(23)21(17)11-16-19-15(12-26-16)13-3-5-14(6-4-13)27(24,25)20-9-1-2-10-20/h3-6,12H,1-2,7-11H2. The lowest BCUT2D eigenvalue weighted by Crippen LogP contribution is -2.28. The number of likely N-dealkylation sites (tertiary alicyclic amines) is 1. The molecule has 7 nitrogen and oxygen atoms in total. The van der Waals surface area contributed by atoms with Gasteiger partial charge < -0.3 is 0 Å². The molecule has 4 rings (SSSR count). The summed E-state index contributed by atoms with van der Waals surface area (Å²) in [7, 11) is -3.43. The van der Waals surface area contributed by atoms with Crippen LogP contribution < -0.4 is 0 Å². The van der Waals surface area contributed by atoms with Crippen molar-refractivity contribution in [3.63, 3.8) is 0 Å². The predicted molar refractivity (Wildman–Crippen MR) is 100 cm³/mol. The van der Waals surface area contributed by atoms with Crippen molar-refractivity contribution in [3.05, 3.63) is 34.7 Å². The minimum atomic E-state index is -3.43. The molecule has 2 aromatic rings. The average molecular weight is 406 g/mol. The summed E-state index contributed by atoms with van der Waals surface area (Å²) in [4.78, 5) is 29.5. The van der Waals surface area contributed by atoms with Crippen LogP contribution in [0.4, 0.5) is 0 Å². The van der Waals surface area contributed by atoms with Crippen LogP contribution in [0.2, 0.25) is 0 Å². The van der Waals surface area contributed by atoms with Gasteiger partial charge in [-0.2, -0.15) is 4.31 Å². The van der Waals surface area contributed by atoms with Gasteiger partial charge >= 0.3 is 0 Å². The topological polar surface area (TPSA) is 87.6 Å². The smallest absolute Gasteiger partial charge is 0.243 e. The molecule has 0 bridgehead atoms. The van der Waals surface area contributed by atoms with E-state index in [-0.39, 0.29) is 36.1 Å². The number of hydrogen-bond donors (Lipinski definition) is 0. The van der Waals surface area contributed by atoms with E-state index < -0.39 is 10.0 Å². The number of sulfonamides is 1. The third-order valence-electron chi connectivity index (χ3n) is 4.85. The van der Waals surface area contributed by atoms with Crippen molar-refractivity contribution >= 4 is 33.2 Å².